The third kappa shape index (κ3) is 8.01. The maximum Gasteiger partial charge on any atom is 0.335 e. The number of carbonyl (C=O) groups is 1. The number of fused-ring (bicyclic) bond motifs is 7. The molecule has 0 spiro atoms. The van der Waals surface area contributed by atoms with Crippen LogP contribution in [0.15, 0.2) is 11.6 Å². The van der Waals surface area contributed by atoms with E-state index in [2.05, 4.69) is 40.7 Å². The van der Waals surface area contributed by atoms with Gasteiger partial charge in [0.15, 0.2) is 25.0 Å². The Morgan fingerprint density at radius 2 is 1.30 bits per heavy atom. The van der Waals surface area contributed by atoms with Crippen molar-refractivity contribution < 1.29 is 94.5 Å². The van der Waals surface area contributed by atoms with Crippen molar-refractivity contribution in [2.24, 2.45) is 50.2 Å². The summed E-state index contributed by atoms with van der Waals surface area (Å²) < 4.78 is 36.2. The van der Waals surface area contributed by atoms with Crippen molar-refractivity contribution in [2.75, 3.05) is 19.8 Å². The smallest absolute Gasteiger partial charge is 0.335 e. The summed E-state index contributed by atoms with van der Waals surface area (Å²) in [5, 5.41) is 130. The zero-order chi connectivity index (χ0) is 49.1. The molecule has 3 unspecified atom stereocenters. The predicted octanol–water partition coefficient (Wildman–Crippen LogP) is -0.323. The molecular weight excluding hydrogens is 881 g/mol. The molecule has 19 heteroatoms. The first-order valence-electron chi connectivity index (χ1n) is 24.4. The van der Waals surface area contributed by atoms with Crippen LogP contribution in [0.5, 0.6) is 0 Å². The van der Waals surface area contributed by atoms with Gasteiger partial charge in [-0.05, 0) is 104 Å². The van der Waals surface area contributed by atoms with Crippen LogP contribution in [0.3, 0.4) is 0 Å². The van der Waals surface area contributed by atoms with Crippen LogP contribution in [0, 0.1) is 50.2 Å². The largest absolute Gasteiger partial charge is 0.479 e. The van der Waals surface area contributed by atoms with E-state index in [9.17, 15) is 66.1 Å². The first-order chi connectivity index (χ1) is 31.3. The van der Waals surface area contributed by atoms with Crippen molar-refractivity contribution in [3.63, 3.8) is 0 Å². The average molecular weight is 959 g/mol. The van der Waals surface area contributed by atoms with Crippen LogP contribution in [-0.2, 0) is 33.2 Å². The Morgan fingerprint density at radius 1 is 0.657 bits per heavy atom. The molecule has 3 saturated heterocycles. The highest BCUT2D eigenvalue weighted by atomic mass is 16.8. The predicted molar refractivity (Wildman–Crippen MR) is 232 cm³/mol. The fraction of sp³-hybridized carbons (Fsp3) is 0.938. The highest BCUT2D eigenvalue weighted by Crippen LogP contribution is 2.76. The lowest BCUT2D eigenvalue weighted by Gasteiger charge is -2.72. The molecule has 26 atom stereocenters. The number of carboxylic acids is 1. The zero-order valence-electron chi connectivity index (χ0n) is 39.8. The van der Waals surface area contributed by atoms with E-state index in [1.807, 2.05) is 6.92 Å². The van der Waals surface area contributed by atoms with Crippen molar-refractivity contribution in [2.45, 2.75) is 211 Å². The van der Waals surface area contributed by atoms with Crippen LogP contribution in [-0.4, -0.2) is 191 Å². The molecule has 8 rings (SSSR count). The molecule has 7 fully saturated rings. The molecule has 0 aromatic heterocycles. The lowest BCUT2D eigenvalue weighted by Crippen LogP contribution is -2.68. The number of hydrogen-bond acceptors (Lipinski definition) is 18. The Balaban J connectivity index is 1.08. The number of aliphatic hydroxyl groups excluding tert-OH is 11. The van der Waals surface area contributed by atoms with Gasteiger partial charge in [-0.25, -0.2) is 4.79 Å². The van der Waals surface area contributed by atoms with Crippen molar-refractivity contribution in [1.82, 2.24) is 0 Å². The SMILES string of the molecule is C[C@@H]1O[C@@H](O[C@H]2[C@H](O[C@H]3[C@H](O[C@H]4CC[C@@]5(C)C(CC[C@]6(C)C5CC=C5C7C[C@](C)(CO)C[C@@H](O)[C@]7(C)CC[C@@]56C)[C@@]4(C)CO)O[C@H](C(=O)O)[C@@H](O)[C@@H]3O)O[C@H](CO)[C@H](O)[C@@H]2O)[C@H](O)[C@H](O)[C@H]1O. The van der Waals surface area contributed by atoms with Gasteiger partial charge >= 0.3 is 5.97 Å². The van der Waals surface area contributed by atoms with Gasteiger partial charge in [-0.2, -0.15) is 0 Å². The van der Waals surface area contributed by atoms with E-state index in [4.69, 9.17) is 28.4 Å². The Morgan fingerprint density at radius 3 is 1.93 bits per heavy atom. The molecule has 19 nitrogen and oxygen atoms in total. The number of ether oxygens (including phenoxy) is 6. The summed E-state index contributed by atoms with van der Waals surface area (Å²) in [6, 6.07) is 0. The van der Waals surface area contributed by atoms with E-state index in [1.165, 1.54) is 12.5 Å². The average Bonchev–Trinajstić information content (AvgIpc) is 3.28. The van der Waals surface area contributed by atoms with Gasteiger partial charge in [0, 0.05) is 17.4 Å². The van der Waals surface area contributed by atoms with Crippen LogP contribution < -0.4 is 0 Å². The second kappa shape index (κ2) is 18.2. The third-order valence-corrected chi connectivity index (χ3v) is 19.8. The van der Waals surface area contributed by atoms with Crippen LogP contribution in [0.25, 0.3) is 0 Å². The second-order valence-corrected chi connectivity index (χ2v) is 23.4. The number of aliphatic carboxylic acids is 1. The molecule has 3 heterocycles. The molecule has 0 aromatic rings. The number of aliphatic hydroxyl groups is 11. The molecule has 0 bridgehead atoms. The minimum atomic E-state index is -2.08. The minimum absolute atomic E-state index is 0.0116. The lowest BCUT2D eigenvalue weighted by atomic mass is 9.33. The van der Waals surface area contributed by atoms with Crippen molar-refractivity contribution >= 4 is 5.97 Å². The summed E-state index contributed by atoms with van der Waals surface area (Å²) >= 11 is 0. The summed E-state index contributed by atoms with van der Waals surface area (Å²) in [5.74, 6) is -1.41. The summed E-state index contributed by atoms with van der Waals surface area (Å²) in [7, 11) is 0. The molecule has 0 aromatic carbocycles. The summed E-state index contributed by atoms with van der Waals surface area (Å²) in [4.78, 5) is 12.5. The van der Waals surface area contributed by atoms with Crippen molar-refractivity contribution in [1.29, 1.82) is 0 Å². The molecule has 4 saturated carbocycles. The number of allylic oxidation sites excluding steroid dienone is 2. The quantitative estimate of drug-likeness (QED) is 0.0986. The summed E-state index contributed by atoms with van der Waals surface area (Å²) in [5.41, 5.74) is -0.887. The highest BCUT2D eigenvalue weighted by Gasteiger charge is 2.70. The Labute approximate surface area is 392 Å². The number of hydrogen-bond donors (Lipinski definition) is 12. The fourth-order valence-corrected chi connectivity index (χ4v) is 15.1. The van der Waals surface area contributed by atoms with Crippen LogP contribution >= 0.6 is 0 Å². The third-order valence-electron chi connectivity index (χ3n) is 19.8. The Kier molecular flexibility index (Phi) is 14.1. The summed E-state index contributed by atoms with van der Waals surface area (Å²) in [6.45, 7) is 13.6. The van der Waals surface area contributed by atoms with Gasteiger partial charge in [-0.3, -0.25) is 0 Å². The van der Waals surface area contributed by atoms with Gasteiger partial charge in [0.2, 0.25) is 0 Å². The normalized spacial score (nSPS) is 56.7. The molecule has 384 valence electrons. The van der Waals surface area contributed by atoms with Gasteiger partial charge in [-0.15, -0.1) is 0 Å². The van der Waals surface area contributed by atoms with Gasteiger partial charge in [0.1, 0.15) is 61.0 Å². The van der Waals surface area contributed by atoms with Crippen LogP contribution in [0.2, 0.25) is 0 Å². The first kappa shape index (κ1) is 51.9. The molecule has 0 radical (unpaired) electrons. The van der Waals surface area contributed by atoms with Gasteiger partial charge in [-0.1, -0.05) is 53.2 Å². The Bertz CT molecular complexity index is 1840. The van der Waals surface area contributed by atoms with Crippen molar-refractivity contribution in [3.8, 4) is 0 Å². The highest BCUT2D eigenvalue weighted by molar-refractivity contribution is 5.73. The molecule has 67 heavy (non-hydrogen) atoms. The molecule has 8 aliphatic rings. The second-order valence-electron chi connectivity index (χ2n) is 23.4. The minimum Gasteiger partial charge on any atom is -0.479 e. The zero-order valence-corrected chi connectivity index (χ0v) is 39.8. The monoisotopic (exact) mass is 959 g/mol. The number of carboxylic acid groups (broad SMARTS) is 1. The standard InChI is InChI=1S/C48H78O19/c1-21-29(53)31(55)35(59)40(62-21)66-37-32(56)30(54)24(18-49)63-41(37)67-38-34(58)33(57)36(39(60)61)65-42(38)64-28-11-12-45(4)25(46(28,5)20-51)10-13-48(7)26(45)9-8-22-23-16-43(2,19-50)17-27(52)44(23,3)14-15-47(22,48)6/h8,21,23-38,40-42,49-59H,9-20H2,1-7H3,(H,60,61)/t21-,23?,24+,25?,26?,27+,28-,29-,30-,31+,32-,33-,34-,35+,36-,37+,38+,40-,41-,42+,43-,44+,45-,46+,47-,48+/m0/s1. The molecular formula is C48H78O19. The van der Waals surface area contributed by atoms with Gasteiger partial charge < -0.3 is 89.7 Å². The van der Waals surface area contributed by atoms with E-state index >= 15 is 0 Å². The van der Waals surface area contributed by atoms with Crippen LogP contribution in [0.4, 0.5) is 0 Å². The van der Waals surface area contributed by atoms with Gasteiger partial charge in [0.05, 0.1) is 31.5 Å². The molecule has 3 aliphatic heterocycles. The maximum atomic E-state index is 12.5. The van der Waals surface area contributed by atoms with E-state index in [0.717, 1.165) is 38.5 Å². The first-order valence-corrected chi connectivity index (χ1v) is 24.4. The van der Waals surface area contributed by atoms with Crippen molar-refractivity contribution in [3.05, 3.63) is 11.6 Å². The fourth-order valence-electron chi connectivity index (χ4n) is 15.1. The van der Waals surface area contributed by atoms with Crippen LogP contribution in [0.1, 0.15) is 106 Å². The van der Waals surface area contributed by atoms with E-state index < -0.39 is 122 Å². The van der Waals surface area contributed by atoms with E-state index in [1.54, 1.807) is 0 Å². The van der Waals surface area contributed by atoms with E-state index in [-0.39, 0.29) is 58.0 Å². The Hall–Kier alpha value is -1.47. The number of rotatable bonds is 10. The van der Waals surface area contributed by atoms with Gasteiger partial charge in [0.25, 0.3) is 0 Å². The maximum absolute atomic E-state index is 12.5. The molecule has 5 aliphatic carbocycles. The molecule has 0 amide bonds. The lowest BCUT2D eigenvalue weighted by molar-refractivity contribution is -0.396. The van der Waals surface area contributed by atoms with E-state index in [0.29, 0.717) is 19.3 Å². The molecule has 12 N–H and O–H groups in total. The summed E-state index contributed by atoms with van der Waals surface area (Å²) in [6.07, 6.45) is -18.8. The topological polar surface area (TPSA) is 315 Å².